The summed E-state index contributed by atoms with van der Waals surface area (Å²) in [5, 5.41) is 7.26. The Balaban J connectivity index is 1.46. The molecule has 3 aromatic rings. The van der Waals surface area contributed by atoms with Gasteiger partial charge in [0.05, 0.1) is 11.1 Å². The molecule has 4 rings (SSSR count). The second kappa shape index (κ2) is 8.07. The highest BCUT2D eigenvalue weighted by molar-refractivity contribution is 6.11. The van der Waals surface area contributed by atoms with Crippen LogP contribution in [0.4, 0.5) is 10.2 Å². The lowest BCUT2D eigenvalue weighted by Crippen LogP contribution is -2.48. The van der Waals surface area contributed by atoms with Gasteiger partial charge in [-0.3, -0.25) is 19.1 Å². The first kappa shape index (κ1) is 19.8. The van der Waals surface area contributed by atoms with Crippen molar-refractivity contribution in [3.8, 4) is 0 Å². The van der Waals surface area contributed by atoms with Gasteiger partial charge < -0.3 is 20.1 Å². The van der Waals surface area contributed by atoms with Crippen molar-refractivity contribution >= 4 is 28.5 Å². The topological polar surface area (TPSA) is 103 Å². The molecule has 1 saturated heterocycles. The van der Waals surface area contributed by atoms with E-state index in [-0.39, 0.29) is 29.3 Å². The lowest BCUT2D eigenvalue weighted by Gasteiger charge is -2.32. The Kier molecular flexibility index (Phi) is 5.32. The molecule has 1 aliphatic rings. The molecule has 2 amide bonds. The summed E-state index contributed by atoms with van der Waals surface area (Å²) < 4.78 is 14.9. The van der Waals surface area contributed by atoms with E-state index < -0.39 is 17.3 Å². The van der Waals surface area contributed by atoms with Crippen LogP contribution >= 0.6 is 0 Å². The Morgan fingerprint density at radius 1 is 1.17 bits per heavy atom. The van der Waals surface area contributed by atoms with Crippen LogP contribution in [0.5, 0.6) is 0 Å². The molecule has 156 valence electrons. The van der Waals surface area contributed by atoms with Crippen LogP contribution < -0.4 is 10.9 Å². The molecular weight excluding hydrogens is 391 g/mol. The number of hydrogen-bond acceptors (Lipinski definition) is 5. The summed E-state index contributed by atoms with van der Waals surface area (Å²) in [7, 11) is 2.02. The maximum atomic E-state index is 13.4. The van der Waals surface area contributed by atoms with E-state index in [0.717, 1.165) is 25.2 Å². The molecular formula is C20H21FN6O3. The SMILES string of the molecule is CN1CCN(C(=O)Cn2ccc(NC(=O)c3cc(=O)[nH]c4cc(F)ccc34)n2)CC1. The number of nitrogens with one attached hydrogen (secondary N) is 2. The van der Waals surface area contributed by atoms with Gasteiger partial charge in [-0.2, -0.15) is 5.10 Å². The minimum Gasteiger partial charge on any atom is -0.339 e. The third kappa shape index (κ3) is 4.23. The Labute approximate surface area is 171 Å². The molecule has 0 atom stereocenters. The van der Waals surface area contributed by atoms with Gasteiger partial charge in [-0.1, -0.05) is 0 Å². The second-order valence-electron chi connectivity index (χ2n) is 7.27. The Hall–Kier alpha value is -3.53. The average Bonchev–Trinajstić information content (AvgIpc) is 3.14. The summed E-state index contributed by atoms with van der Waals surface area (Å²) in [6.07, 6.45) is 1.61. The van der Waals surface area contributed by atoms with Gasteiger partial charge in [0.1, 0.15) is 12.4 Å². The van der Waals surface area contributed by atoms with Gasteiger partial charge in [0.2, 0.25) is 11.5 Å². The molecule has 1 fully saturated rings. The number of carbonyl (C=O) groups is 2. The highest BCUT2D eigenvalue weighted by Gasteiger charge is 2.20. The number of benzene rings is 1. The fourth-order valence-corrected chi connectivity index (χ4v) is 3.41. The van der Waals surface area contributed by atoms with E-state index in [9.17, 15) is 18.8 Å². The van der Waals surface area contributed by atoms with Crippen molar-refractivity contribution in [1.82, 2.24) is 24.6 Å². The van der Waals surface area contributed by atoms with E-state index in [0.29, 0.717) is 18.5 Å². The molecule has 0 spiro atoms. The zero-order valence-corrected chi connectivity index (χ0v) is 16.4. The van der Waals surface area contributed by atoms with Crippen LogP contribution in [0, 0.1) is 5.82 Å². The number of halogens is 1. The third-order valence-electron chi connectivity index (χ3n) is 5.09. The van der Waals surface area contributed by atoms with Crippen LogP contribution in [0.25, 0.3) is 10.9 Å². The number of amides is 2. The molecule has 1 aromatic carbocycles. The van der Waals surface area contributed by atoms with E-state index >= 15 is 0 Å². The number of hydrogen-bond donors (Lipinski definition) is 2. The van der Waals surface area contributed by atoms with Crippen molar-refractivity contribution in [1.29, 1.82) is 0 Å². The Morgan fingerprint density at radius 3 is 2.70 bits per heavy atom. The van der Waals surface area contributed by atoms with Crippen molar-refractivity contribution in [3.05, 3.63) is 58.3 Å². The lowest BCUT2D eigenvalue weighted by molar-refractivity contribution is -0.133. The second-order valence-corrected chi connectivity index (χ2v) is 7.27. The molecule has 9 nitrogen and oxygen atoms in total. The number of rotatable bonds is 4. The van der Waals surface area contributed by atoms with Crippen molar-refractivity contribution in [2.75, 3.05) is 38.5 Å². The number of aromatic amines is 1. The number of aromatic nitrogens is 3. The predicted octanol–water partition coefficient (Wildman–Crippen LogP) is 0.890. The highest BCUT2D eigenvalue weighted by Crippen LogP contribution is 2.17. The zero-order valence-electron chi connectivity index (χ0n) is 16.4. The lowest BCUT2D eigenvalue weighted by atomic mass is 10.1. The number of H-pyrrole nitrogens is 1. The minimum absolute atomic E-state index is 0.0355. The maximum Gasteiger partial charge on any atom is 0.257 e. The summed E-state index contributed by atoms with van der Waals surface area (Å²) in [5.41, 5.74) is -0.172. The van der Waals surface area contributed by atoms with E-state index in [1.54, 1.807) is 17.2 Å². The van der Waals surface area contributed by atoms with Crippen molar-refractivity contribution in [2.24, 2.45) is 0 Å². The first-order chi connectivity index (χ1) is 14.4. The molecule has 1 aliphatic heterocycles. The standard InChI is InChI=1S/C20H21FN6O3/c1-25-6-8-26(9-7-25)19(29)12-27-5-4-17(24-27)23-20(30)15-11-18(28)22-16-10-13(21)2-3-14(15)16/h2-5,10-11H,6-9,12H2,1H3,(H,22,28)(H,23,24,30). The van der Waals surface area contributed by atoms with Gasteiger partial charge in [-0.15, -0.1) is 0 Å². The van der Waals surface area contributed by atoms with Crippen LogP contribution in [0.15, 0.2) is 41.3 Å². The van der Waals surface area contributed by atoms with Gasteiger partial charge in [0.15, 0.2) is 5.82 Å². The van der Waals surface area contributed by atoms with Crippen LogP contribution in [0.2, 0.25) is 0 Å². The number of likely N-dealkylation sites (N-methyl/N-ethyl adjacent to an activating group) is 1. The van der Waals surface area contributed by atoms with E-state index in [2.05, 4.69) is 20.3 Å². The number of piperazine rings is 1. The zero-order chi connectivity index (χ0) is 21.3. The van der Waals surface area contributed by atoms with Crippen LogP contribution in [-0.2, 0) is 11.3 Å². The summed E-state index contributed by atoms with van der Waals surface area (Å²) in [5.74, 6) is -0.846. The Morgan fingerprint density at radius 2 is 1.93 bits per heavy atom. The number of anilines is 1. The number of carbonyl (C=O) groups excluding carboxylic acids is 2. The maximum absolute atomic E-state index is 13.4. The van der Waals surface area contributed by atoms with Crippen LogP contribution in [-0.4, -0.2) is 69.6 Å². The van der Waals surface area contributed by atoms with E-state index in [1.165, 1.54) is 16.8 Å². The van der Waals surface area contributed by atoms with Crippen molar-refractivity contribution < 1.29 is 14.0 Å². The quantitative estimate of drug-likeness (QED) is 0.663. The predicted molar refractivity (Wildman–Crippen MR) is 109 cm³/mol. The number of pyridine rings is 1. The van der Waals surface area contributed by atoms with Gasteiger partial charge >= 0.3 is 0 Å². The first-order valence-electron chi connectivity index (χ1n) is 9.53. The monoisotopic (exact) mass is 412 g/mol. The minimum atomic E-state index is -0.548. The molecule has 10 heteroatoms. The van der Waals surface area contributed by atoms with Crippen LogP contribution in [0.3, 0.4) is 0 Å². The molecule has 30 heavy (non-hydrogen) atoms. The molecule has 0 saturated carbocycles. The molecule has 0 radical (unpaired) electrons. The number of fused-ring (bicyclic) bond motifs is 1. The first-order valence-corrected chi connectivity index (χ1v) is 9.53. The normalized spacial score (nSPS) is 14.8. The van der Waals surface area contributed by atoms with Crippen molar-refractivity contribution in [3.63, 3.8) is 0 Å². The fraction of sp³-hybridized carbons (Fsp3) is 0.300. The number of nitrogens with zero attached hydrogens (tertiary/aromatic N) is 4. The summed E-state index contributed by atoms with van der Waals surface area (Å²) >= 11 is 0. The molecule has 3 heterocycles. The van der Waals surface area contributed by atoms with E-state index in [4.69, 9.17) is 0 Å². The molecule has 2 aromatic heterocycles. The molecule has 0 bridgehead atoms. The highest BCUT2D eigenvalue weighted by atomic mass is 19.1. The summed E-state index contributed by atoms with van der Waals surface area (Å²) in [6.45, 7) is 3.10. The smallest absolute Gasteiger partial charge is 0.257 e. The molecule has 0 unspecified atom stereocenters. The molecule has 0 aliphatic carbocycles. The fourth-order valence-electron chi connectivity index (χ4n) is 3.41. The summed E-state index contributed by atoms with van der Waals surface area (Å²) in [4.78, 5) is 43.4. The molecule has 2 N–H and O–H groups in total. The summed E-state index contributed by atoms with van der Waals surface area (Å²) in [6, 6.07) is 6.54. The third-order valence-corrected chi connectivity index (χ3v) is 5.09. The average molecular weight is 412 g/mol. The van der Waals surface area contributed by atoms with Crippen molar-refractivity contribution in [2.45, 2.75) is 6.54 Å². The van der Waals surface area contributed by atoms with Gasteiger partial charge in [-0.25, -0.2) is 4.39 Å². The van der Waals surface area contributed by atoms with Gasteiger partial charge in [0.25, 0.3) is 5.91 Å². The van der Waals surface area contributed by atoms with E-state index in [1.807, 2.05) is 7.05 Å². The van der Waals surface area contributed by atoms with Gasteiger partial charge in [-0.05, 0) is 25.2 Å². The van der Waals surface area contributed by atoms with Gasteiger partial charge in [0, 0.05) is 49.9 Å². The van der Waals surface area contributed by atoms with Crippen LogP contribution in [0.1, 0.15) is 10.4 Å². The largest absolute Gasteiger partial charge is 0.339 e. The Bertz CT molecular complexity index is 1160.